The van der Waals surface area contributed by atoms with Gasteiger partial charge in [-0.3, -0.25) is 9.59 Å². The zero-order valence-electron chi connectivity index (χ0n) is 17.1. The number of nitrogens with zero attached hydrogens (tertiary/aromatic N) is 1. The van der Waals surface area contributed by atoms with Crippen LogP contribution in [0.15, 0.2) is 36.4 Å². The summed E-state index contributed by atoms with van der Waals surface area (Å²) in [6, 6.07) is 10.1. The molecule has 1 atom stereocenters. The van der Waals surface area contributed by atoms with E-state index in [4.69, 9.17) is 27.9 Å². The van der Waals surface area contributed by atoms with E-state index in [9.17, 15) is 9.59 Å². The van der Waals surface area contributed by atoms with Crippen molar-refractivity contribution in [1.29, 1.82) is 0 Å². The second-order valence-electron chi connectivity index (χ2n) is 6.83. The highest BCUT2D eigenvalue weighted by Crippen LogP contribution is 2.24. The molecule has 0 bridgehead atoms. The van der Waals surface area contributed by atoms with E-state index < -0.39 is 6.04 Å². The number of ether oxygens (including phenoxy) is 1. The predicted octanol–water partition coefficient (Wildman–Crippen LogP) is 4.54. The van der Waals surface area contributed by atoms with E-state index in [-0.39, 0.29) is 25.0 Å². The first-order valence-electron chi connectivity index (χ1n) is 9.41. The van der Waals surface area contributed by atoms with Crippen LogP contribution >= 0.6 is 23.2 Å². The number of halogens is 2. The molecule has 0 aromatic heterocycles. The molecule has 2 rings (SSSR count). The molecule has 0 spiro atoms. The molecule has 0 fully saturated rings. The Morgan fingerprint density at radius 2 is 1.83 bits per heavy atom. The number of rotatable bonds is 8. The maximum atomic E-state index is 13.0. The quantitative estimate of drug-likeness (QED) is 0.660. The van der Waals surface area contributed by atoms with Gasteiger partial charge in [0.15, 0.2) is 6.61 Å². The standard InChI is InChI=1S/C22H26Cl2N2O3/c1-5-20(22(28)25-4)26(12-16-7-8-17(23)11-19(16)24)21(27)13-29-18-9-6-14(2)15(3)10-18/h6-11,20H,5,12-13H2,1-4H3,(H,25,28)/t20-/m0/s1. The Kier molecular flexibility index (Phi) is 8.35. The zero-order valence-corrected chi connectivity index (χ0v) is 18.6. The zero-order chi connectivity index (χ0) is 21.6. The fourth-order valence-corrected chi connectivity index (χ4v) is 3.42. The lowest BCUT2D eigenvalue weighted by Gasteiger charge is -2.30. The first-order chi connectivity index (χ1) is 13.8. The largest absolute Gasteiger partial charge is 0.484 e. The van der Waals surface area contributed by atoms with E-state index in [0.29, 0.717) is 27.8 Å². The molecule has 2 aromatic carbocycles. The summed E-state index contributed by atoms with van der Waals surface area (Å²) in [7, 11) is 1.55. The summed E-state index contributed by atoms with van der Waals surface area (Å²) < 4.78 is 5.70. The third-order valence-electron chi connectivity index (χ3n) is 4.83. The van der Waals surface area contributed by atoms with Gasteiger partial charge >= 0.3 is 0 Å². The maximum absolute atomic E-state index is 13.0. The number of benzene rings is 2. The summed E-state index contributed by atoms with van der Waals surface area (Å²) >= 11 is 12.3. The van der Waals surface area contributed by atoms with E-state index in [1.54, 1.807) is 25.2 Å². The average Bonchev–Trinajstić information content (AvgIpc) is 2.69. The molecular weight excluding hydrogens is 411 g/mol. The van der Waals surface area contributed by atoms with Crippen molar-refractivity contribution in [3.05, 3.63) is 63.1 Å². The molecule has 5 nitrogen and oxygen atoms in total. The molecule has 29 heavy (non-hydrogen) atoms. The molecule has 2 aromatic rings. The van der Waals surface area contributed by atoms with Crippen LogP contribution < -0.4 is 10.1 Å². The van der Waals surface area contributed by atoms with E-state index >= 15 is 0 Å². The number of likely N-dealkylation sites (N-methyl/N-ethyl adjacent to an activating group) is 1. The number of hydrogen-bond acceptors (Lipinski definition) is 3. The fraction of sp³-hybridized carbons (Fsp3) is 0.364. The Bertz CT molecular complexity index is 886. The van der Waals surface area contributed by atoms with Gasteiger partial charge in [-0.2, -0.15) is 0 Å². The highest BCUT2D eigenvalue weighted by molar-refractivity contribution is 6.35. The minimum absolute atomic E-state index is 0.178. The topological polar surface area (TPSA) is 58.6 Å². The van der Waals surface area contributed by atoms with Gasteiger partial charge < -0.3 is 15.0 Å². The van der Waals surface area contributed by atoms with Gasteiger partial charge in [-0.15, -0.1) is 0 Å². The van der Waals surface area contributed by atoms with Crippen molar-refractivity contribution in [3.8, 4) is 5.75 Å². The number of carbonyl (C=O) groups excluding carboxylic acids is 2. The van der Waals surface area contributed by atoms with Gasteiger partial charge in [0.25, 0.3) is 5.91 Å². The molecular formula is C22H26Cl2N2O3. The third-order valence-corrected chi connectivity index (χ3v) is 5.42. The lowest BCUT2D eigenvalue weighted by molar-refractivity contribution is -0.142. The molecule has 0 saturated carbocycles. The normalized spacial score (nSPS) is 11.7. The Morgan fingerprint density at radius 1 is 1.10 bits per heavy atom. The van der Waals surface area contributed by atoms with Gasteiger partial charge in [0, 0.05) is 23.6 Å². The van der Waals surface area contributed by atoms with Crippen molar-refractivity contribution in [2.24, 2.45) is 0 Å². The highest BCUT2D eigenvalue weighted by Gasteiger charge is 2.28. The second kappa shape index (κ2) is 10.5. The first kappa shape index (κ1) is 23.0. The summed E-state index contributed by atoms with van der Waals surface area (Å²) in [5.41, 5.74) is 2.93. The lowest BCUT2D eigenvalue weighted by atomic mass is 10.1. The summed E-state index contributed by atoms with van der Waals surface area (Å²) in [4.78, 5) is 26.9. The summed E-state index contributed by atoms with van der Waals surface area (Å²) in [6.07, 6.45) is 0.459. The lowest BCUT2D eigenvalue weighted by Crippen LogP contribution is -2.49. The maximum Gasteiger partial charge on any atom is 0.261 e. The van der Waals surface area contributed by atoms with Gasteiger partial charge in [-0.1, -0.05) is 42.3 Å². The second-order valence-corrected chi connectivity index (χ2v) is 7.67. The number of aryl methyl sites for hydroxylation is 2. The monoisotopic (exact) mass is 436 g/mol. The number of amides is 2. The van der Waals surface area contributed by atoms with Crippen LogP contribution in [-0.2, 0) is 16.1 Å². The van der Waals surface area contributed by atoms with Crippen LogP contribution in [0.2, 0.25) is 10.0 Å². The van der Waals surface area contributed by atoms with Crippen LogP contribution in [0.25, 0.3) is 0 Å². The first-order valence-corrected chi connectivity index (χ1v) is 10.2. The molecule has 2 amide bonds. The van der Waals surface area contributed by atoms with Crippen molar-refractivity contribution < 1.29 is 14.3 Å². The Balaban J connectivity index is 2.23. The molecule has 0 radical (unpaired) electrons. The minimum atomic E-state index is -0.636. The van der Waals surface area contributed by atoms with Gasteiger partial charge in [-0.05, 0) is 61.2 Å². The van der Waals surface area contributed by atoms with Crippen molar-refractivity contribution in [2.45, 2.75) is 39.8 Å². The van der Waals surface area contributed by atoms with Gasteiger partial charge in [0.05, 0.1) is 0 Å². The fourth-order valence-electron chi connectivity index (χ4n) is 2.95. The van der Waals surface area contributed by atoms with Crippen molar-refractivity contribution in [1.82, 2.24) is 10.2 Å². The van der Waals surface area contributed by atoms with E-state index in [1.807, 2.05) is 39.0 Å². The number of hydrogen-bond donors (Lipinski definition) is 1. The Hall–Kier alpha value is -2.24. The van der Waals surface area contributed by atoms with Crippen LogP contribution in [0.1, 0.15) is 30.0 Å². The minimum Gasteiger partial charge on any atom is -0.484 e. The van der Waals surface area contributed by atoms with Crippen LogP contribution in [-0.4, -0.2) is 36.4 Å². The average molecular weight is 437 g/mol. The van der Waals surface area contributed by atoms with E-state index in [0.717, 1.165) is 11.1 Å². The number of carbonyl (C=O) groups is 2. The smallest absolute Gasteiger partial charge is 0.261 e. The van der Waals surface area contributed by atoms with Crippen LogP contribution in [0, 0.1) is 13.8 Å². The molecule has 0 heterocycles. The molecule has 0 aliphatic rings. The van der Waals surface area contributed by atoms with Crippen molar-refractivity contribution in [3.63, 3.8) is 0 Å². The summed E-state index contributed by atoms with van der Waals surface area (Å²) in [6.45, 7) is 5.85. The van der Waals surface area contributed by atoms with Gasteiger partial charge in [-0.25, -0.2) is 0 Å². The summed E-state index contributed by atoms with van der Waals surface area (Å²) in [5, 5.41) is 3.57. The SMILES string of the molecule is CC[C@@H](C(=O)NC)N(Cc1ccc(Cl)cc1Cl)C(=O)COc1ccc(C)c(C)c1. The molecule has 0 saturated heterocycles. The van der Waals surface area contributed by atoms with E-state index in [2.05, 4.69) is 5.32 Å². The molecule has 0 aliphatic carbocycles. The van der Waals surface area contributed by atoms with Crippen LogP contribution in [0.5, 0.6) is 5.75 Å². The van der Waals surface area contributed by atoms with E-state index in [1.165, 1.54) is 4.90 Å². The highest BCUT2D eigenvalue weighted by atomic mass is 35.5. The molecule has 1 N–H and O–H groups in total. The summed E-state index contributed by atoms with van der Waals surface area (Å²) in [5.74, 6) is 0.0701. The predicted molar refractivity (Wildman–Crippen MR) is 117 cm³/mol. The third kappa shape index (κ3) is 6.12. The molecule has 0 unspecified atom stereocenters. The Labute approximate surface area is 181 Å². The van der Waals surface area contributed by atoms with Crippen LogP contribution in [0.3, 0.4) is 0 Å². The van der Waals surface area contributed by atoms with Gasteiger partial charge in [0.2, 0.25) is 5.91 Å². The van der Waals surface area contributed by atoms with Crippen molar-refractivity contribution in [2.75, 3.05) is 13.7 Å². The van der Waals surface area contributed by atoms with Gasteiger partial charge in [0.1, 0.15) is 11.8 Å². The Morgan fingerprint density at radius 3 is 2.41 bits per heavy atom. The molecule has 7 heteroatoms. The molecule has 156 valence electrons. The number of nitrogens with one attached hydrogen (secondary N) is 1. The van der Waals surface area contributed by atoms with Crippen molar-refractivity contribution >= 4 is 35.0 Å². The van der Waals surface area contributed by atoms with Crippen LogP contribution in [0.4, 0.5) is 0 Å². The molecule has 0 aliphatic heterocycles.